The molecule has 1 atom stereocenters. The summed E-state index contributed by atoms with van der Waals surface area (Å²) in [6, 6.07) is 9.76. The van der Waals surface area contributed by atoms with Crippen LogP contribution in [0.3, 0.4) is 0 Å². The fourth-order valence-corrected chi connectivity index (χ4v) is 2.28. The Morgan fingerprint density at radius 3 is 2.39 bits per heavy atom. The van der Waals surface area contributed by atoms with Gasteiger partial charge in [-0.05, 0) is 25.3 Å². The maximum atomic E-state index is 12.0. The van der Waals surface area contributed by atoms with Gasteiger partial charge in [-0.2, -0.15) is 0 Å². The standard InChI is InChI=1S/C15H20N2O/c1-10(2)12-14(18)17-15(3,4)13(16-12)11-8-6-5-7-9-11/h5-10,12H,1-4H3,(H,17,18). The zero-order chi connectivity index (χ0) is 13.3. The average molecular weight is 244 g/mol. The van der Waals surface area contributed by atoms with Crippen molar-refractivity contribution in [1.29, 1.82) is 0 Å². The summed E-state index contributed by atoms with van der Waals surface area (Å²) in [6.45, 7) is 8.03. The maximum Gasteiger partial charge on any atom is 0.245 e. The molecule has 1 aromatic carbocycles. The van der Waals surface area contributed by atoms with Crippen LogP contribution >= 0.6 is 0 Å². The van der Waals surface area contributed by atoms with Crippen molar-refractivity contribution in [3.05, 3.63) is 35.9 Å². The Hall–Kier alpha value is -1.64. The molecule has 2 rings (SSSR count). The molecular weight excluding hydrogens is 224 g/mol. The molecule has 0 spiro atoms. The van der Waals surface area contributed by atoms with Crippen LogP contribution in [0.25, 0.3) is 0 Å². The molecule has 0 fully saturated rings. The minimum absolute atomic E-state index is 0.0229. The Morgan fingerprint density at radius 1 is 1.22 bits per heavy atom. The number of hydrogen-bond acceptors (Lipinski definition) is 2. The highest BCUT2D eigenvalue weighted by atomic mass is 16.2. The quantitative estimate of drug-likeness (QED) is 0.852. The normalized spacial score (nSPS) is 22.6. The predicted octanol–water partition coefficient (Wildman–Crippen LogP) is 2.41. The number of amides is 1. The first-order valence-corrected chi connectivity index (χ1v) is 6.37. The fourth-order valence-electron chi connectivity index (χ4n) is 2.28. The highest BCUT2D eigenvalue weighted by Gasteiger charge is 2.37. The fraction of sp³-hybridized carbons (Fsp3) is 0.467. The van der Waals surface area contributed by atoms with E-state index in [2.05, 4.69) is 10.3 Å². The summed E-state index contributed by atoms with van der Waals surface area (Å²) in [5.74, 6) is 0.231. The molecule has 3 nitrogen and oxygen atoms in total. The van der Waals surface area contributed by atoms with E-state index in [-0.39, 0.29) is 17.9 Å². The monoisotopic (exact) mass is 244 g/mol. The van der Waals surface area contributed by atoms with Gasteiger partial charge in [-0.15, -0.1) is 0 Å². The van der Waals surface area contributed by atoms with Crippen molar-refractivity contribution in [3.8, 4) is 0 Å². The van der Waals surface area contributed by atoms with Gasteiger partial charge in [0, 0.05) is 0 Å². The summed E-state index contributed by atoms with van der Waals surface area (Å²) in [7, 11) is 0. The van der Waals surface area contributed by atoms with Crippen LogP contribution in [0.5, 0.6) is 0 Å². The van der Waals surface area contributed by atoms with Gasteiger partial charge < -0.3 is 5.32 Å². The third-order valence-electron chi connectivity index (χ3n) is 3.24. The van der Waals surface area contributed by atoms with E-state index in [0.29, 0.717) is 0 Å². The first-order valence-electron chi connectivity index (χ1n) is 6.37. The molecule has 0 aromatic heterocycles. The maximum absolute atomic E-state index is 12.0. The van der Waals surface area contributed by atoms with Crippen LogP contribution < -0.4 is 5.32 Å². The van der Waals surface area contributed by atoms with Crippen molar-refractivity contribution in [1.82, 2.24) is 5.32 Å². The van der Waals surface area contributed by atoms with Crippen LogP contribution in [0.1, 0.15) is 33.3 Å². The van der Waals surface area contributed by atoms with E-state index >= 15 is 0 Å². The van der Waals surface area contributed by atoms with E-state index in [1.54, 1.807) is 0 Å². The van der Waals surface area contributed by atoms with Gasteiger partial charge in [0.1, 0.15) is 6.04 Å². The molecule has 1 aliphatic rings. The summed E-state index contributed by atoms with van der Waals surface area (Å²) in [4.78, 5) is 16.7. The average Bonchev–Trinajstić information content (AvgIpc) is 2.28. The molecule has 1 aliphatic heterocycles. The number of carbonyl (C=O) groups excluding carboxylic acids is 1. The molecule has 1 aromatic rings. The van der Waals surface area contributed by atoms with Gasteiger partial charge in [0.2, 0.25) is 5.91 Å². The third kappa shape index (κ3) is 2.30. The van der Waals surface area contributed by atoms with Crippen molar-refractivity contribution in [2.45, 2.75) is 39.3 Å². The Labute approximate surface area is 108 Å². The zero-order valence-corrected chi connectivity index (χ0v) is 11.4. The summed E-state index contributed by atoms with van der Waals surface area (Å²) < 4.78 is 0. The van der Waals surface area contributed by atoms with Crippen LogP contribution in [0.4, 0.5) is 0 Å². The van der Waals surface area contributed by atoms with Gasteiger partial charge in [0.15, 0.2) is 0 Å². The number of rotatable bonds is 2. The first kappa shape index (κ1) is 12.8. The Balaban J connectivity index is 2.48. The van der Waals surface area contributed by atoms with Gasteiger partial charge in [0.05, 0.1) is 11.3 Å². The lowest BCUT2D eigenvalue weighted by molar-refractivity contribution is -0.124. The highest BCUT2D eigenvalue weighted by molar-refractivity contribution is 6.11. The van der Waals surface area contributed by atoms with Crippen LogP contribution in [-0.2, 0) is 4.79 Å². The predicted molar refractivity (Wildman–Crippen MR) is 73.8 cm³/mol. The second kappa shape index (κ2) is 4.56. The molecular formula is C15H20N2O. The van der Waals surface area contributed by atoms with Crippen LogP contribution in [0.2, 0.25) is 0 Å². The molecule has 0 aliphatic carbocycles. The number of benzene rings is 1. The second-order valence-corrected chi connectivity index (χ2v) is 5.65. The van der Waals surface area contributed by atoms with Crippen molar-refractivity contribution in [2.24, 2.45) is 10.9 Å². The van der Waals surface area contributed by atoms with Crippen molar-refractivity contribution < 1.29 is 4.79 Å². The van der Waals surface area contributed by atoms with Gasteiger partial charge in [0.25, 0.3) is 0 Å². The number of aliphatic imine (C=N–C) groups is 1. The number of nitrogens with one attached hydrogen (secondary N) is 1. The highest BCUT2D eigenvalue weighted by Crippen LogP contribution is 2.22. The molecule has 0 saturated heterocycles. The zero-order valence-electron chi connectivity index (χ0n) is 11.4. The van der Waals surface area contributed by atoms with Gasteiger partial charge in [-0.3, -0.25) is 9.79 Å². The van der Waals surface area contributed by atoms with E-state index in [9.17, 15) is 4.79 Å². The Kier molecular flexibility index (Phi) is 3.24. The van der Waals surface area contributed by atoms with Crippen molar-refractivity contribution in [3.63, 3.8) is 0 Å². The molecule has 1 heterocycles. The molecule has 18 heavy (non-hydrogen) atoms. The SMILES string of the molecule is CC(C)C1N=C(c2ccccc2)C(C)(C)NC1=O. The van der Waals surface area contributed by atoms with E-state index in [0.717, 1.165) is 11.3 Å². The van der Waals surface area contributed by atoms with E-state index in [1.165, 1.54) is 0 Å². The molecule has 0 bridgehead atoms. The van der Waals surface area contributed by atoms with Crippen LogP contribution in [-0.4, -0.2) is 23.2 Å². The largest absolute Gasteiger partial charge is 0.344 e. The topological polar surface area (TPSA) is 41.5 Å². The lowest BCUT2D eigenvalue weighted by Gasteiger charge is -2.36. The van der Waals surface area contributed by atoms with Crippen LogP contribution in [0, 0.1) is 5.92 Å². The second-order valence-electron chi connectivity index (χ2n) is 5.65. The Bertz CT molecular complexity index is 475. The molecule has 96 valence electrons. The number of carbonyl (C=O) groups is 1. The van der Waals surface area contributed by atoms with Gasteiger partial charge >= 0.3 is 0 Å². The molecule has 0 saturated carbocycles. The van der Waals surface area contributed by atoms with Gasteiger partial charge in [-0.25, -0.2) is 0 Å². The summed E-state index contributed by atoms with van der Waals surface area (Å²) >= 11 is 0. The van der Waals surface area contributed by atoms with Crippen molar-refractivity contribution >= 4 is 11.6 Å². The van der Waals surface area contributed by atoms with E-state index in [4.69, 9.17) is 0 Å². The Morgan fingerprint density at radius 2 is 1.83 bits per heavy atom. The number of hydrogen-bond donors (Lipinski definition) is 1. The van der Waals surface area contributed by atoms with Gasteiger partial charge in [-0.1, -0.05) is 44.2 Å². The molecule has 0 radical (unpaired) electrons. The molecule has 1 N–H and O–H groups in total. The van der Waals surface area contributed by atoms with E-state index < -0.39 is 5.54 Å². The lowest BCUT2D eigenvalue weighted by atomic mass is 9.87. The summed E-state index contributed by atoms with van der Waals surface area (Å²) in [5.41, 5.74) is 1.62. The third-order valence-corrected chi connectivity index (χ3v) is 3.24. The van der Waals surface area contributed by atoms with E-state index in [1.807, 2.05) is 58.0 Å². The first-order chi connectivity index (χ1) is 8.42. The molecule has 1 unspecified atom stereocenters. The van der Waals surface area contributed by atoms with Crippen LogP contribution in [0.15, 0.2) is 35.3 Å². The minimum Gasteiger partial charge on any atom is -0.344 e. The smallest absolute Gasteiger partial charge is 0.245 e. The summed E-state index contributed by atoms with van der Waals surface area (Å²) in [6.07, 6.45) is 0. The molecule has 3 heteroatoms. The number of nitrogens with zero attached hydrogens (tertiary/aromatic N) is 1. The molecule has 1 amide bonds. The van der Waals surface area contributed by atoms with Crippen molar-refractivity contribution in [2.75, 3.05) is 0 Å². The lowest BCUT2D eigenvalue weighted by Crippen LogP contribution is -2.58. The summed E-state index contributed by atoms with van der Waals surface area (Å²) in [5, 5.41) is 3.07. The minimum atomic E-state index is -0.413.